The van der Waals surface area contributed by atoms with Crippen LogP contribution in [0.5, 0.6) is 5.75 Å². The molecule has 1 aromatic heterocycles. The van der Waals surface area contributed by atoms with Crippen LogP contribution >= 0.6 is 0 Å². The van der Waals surface area contributed by atoms with Crippen molar-refractivity contribution in [3.8, 4) is 5.75 Å². The highest BCUT2D eigenvalue weighted by atomic mass is 16.5. The molecule has 0 fully saturated rings. The van der Waals surface area contributed by atoms with Gasteiger partial charge < -0.3 is 14.2 Å². The van der Waals surface area contributed by atoms with Crippen molar-refractivity contribution in [3.05, 3.63) is 29.5 Å². The summed E-state index contributed by atoms with van der Waals surface area (Å²) in [5.41, 5.74) is 4.16. The monoisotopic (exact) mass is 370 g/mol. The van der Waals surface area contributed by atoms with E-state index in [0.29, 0.717) is 6.54 Å². The number of aromatic nitrogens is 1. The van der Waals surface area contributed by atoms with Crippen LogP contribution in [0.4, 0.5) is 0 Å². The van der Waals surface area contributed by atoms with Crippen LogP contribution in [0.2, 0.25) is 0 Å². The lowest BCUT2D eigenvalue weighted by Gasteiger charge is -2.27. The van der Waals surface area contributed by atoms with Crippen LogP contribution in [0.15, 0.2) is 18.2 Å². The minimum atomic E-state index is 0.217. The molecule has 148 valence electrons. The summed E-state index contributed by atoms with van der Waals surface area (Å²) in [6, 6.07) is 6.29. The predicted octanol–water partition coefficient (Wildman–Crippen LogP) is 4.81. The summed E-state index contributed by atoms with van der Waals surface area (Å²) in [7, 11) is 1.70. The Balaban J connectivity index is 1.92. The molecule has 1 aromatic carbocycles. The second-order valence-corrected chi connectivity index (χ2v) is 8.89. The van der Waals surface area contributed by atoms with E-state index >= 15 is 0 Å². The molecule has 27 heavy (non-hydrogen) atoms. The molecule has 0 unspecified atom stereocenters. The average molecular weight is 371 g/mol. The molecule has 0 N–H and O–H groups in total. The third-order valence-electron chi connectivity index (χ3n) is 5.74. The quantitative estimate of drug-likeness (QED) is 0.731. The lowest BCUT2D eigenvalue weighted by molar-refractivity contribution is -0.131. The maximum atomic E-state index is 13.1. The highest BCUT2D eigenvalue weighted by Gasteiger charge is 2.23. The third-order valence-corrected chi connectivity index (χ3v) is 5.74. The first-order valence-corrected chi connectivity index (χ1v) is 10.3. The van der Waals surface area contributed by atoms with Crippen molar-refractivity contribution in [3.63, 3.8) is 0 Å². The van der Waals surface area contributed by atoms with Crippen LogP contribution in [0, 0.1) is 5.41 Å². The summed E-state index contributed by atoms with van der Waals surface area (Å²) in [6.07, 6.45) is 5.63. The van der Waals surface area contributed by atoms with Gasteiger partial charge in [0.05, 0.1) is 12.6 Å². The van der Waals surface area contributed by atoms with Gasteiger partial charge in [0.25, 0.3) is 0 Å². The summed E-state index contributed by atoms with van der Waals surface area (Å²) in [4.78, 5) is 15.1. The number of likely N-dealkylation sites (N-methyl/N-ethyl adjacent to an activating group) is 1. The van der Waals surface area contributed by atoms with Crippen LogP contribution < -0.4 is 4.74 Å². The molecule has 2 aromatic rings. The Bertz CT molecular complexity index is 814. The number of nitrogens with zero attached hydrogens (tertiary/aromatic N) is 2. The van der Waals surface area contributed by atoms with E-state index in [2.05, 4.69) is 44.4 Å². The number of carbonyl (C=O) groups is 1. The molecule has 1 aliphatic carbocycles. The Morgan fingerprint density at radius 1 is 1.22 bits per heavy atom. The number of ether oxygens (including phenoxy) is 1. The lowest BCUT2D eigenvalue weighted by Crippen LogP contribution is -2.36. The zero-order valence-corrected chi connectivity index (χ0v) is 17.6. The van der Waals surface area contributed by atoms with Crippen LogP contribution in [-0.4, -0.2) is 35.6 Å². The Kier molecular flexibility index (Phi) is 5.83. The zero-order valence-electron chi connectivity index (χ0n) is 17.6. The van der Waals surface area contributed by atoms with E-state index in [9.17, 15) is 4.79 Å². The summed E-state index contributed by atoms with van der Waals surface area (Å²) < 4.78 is 7.71. The van der Waals surface area contributed by atoms with E-state index in [-0.39, 0.29) is 11.3 Å². The third kappa shape index (κ3) is 4.31. The maximum Gasteiger partial charge on any atom is 0.242 e. The number of methoxy groups -OCH3 is 1. The van der Waals surface area contributed by atoms with Gasteiger partial charge in [0.2, 0.25) is 5.91 Å². The molecule has 0 bridgehead atoms. The number of fused-ring (bicyclic) bond motifs is 3. The number of carbonyl (C=O) groups excluding carboxylic acids is 1. The van der Waals surface area contributed by atoms with E-state index in [0.717, 1.165) is 43.6 Å². The van der Waals surface area contributed by atoms with Gasteiger partial charge in [-0.15, -0.1) is 0 Å². The Morgan fingerprint density at radius 2 is 1.96 bits per heavy atom. The summed E-state index contributed by atoms with van der Waals surface area (Å²) in [5.74, 6) is 1.07. The number of hydrogen-bond donors (Lipinski definition) is 0. The fourth-order valence-corrected chi connectivity index (χ4v) is 4.09. The summed E-state index contributed by atoms with van der Waals surface area (Å²) in [5, 5.41) is 1.29. The van der Waals surface area contributed by atoms with E-state index in [1.54, 1.807) is 7.11 Å². The molecule has 0 saturated carbocycles. The normalized spacial score (nSPS) is 14.3. The van der Waals surface area contributed by atoms with Gasteiger partial charge in [-0.1, -0.05) is 20.8 Å². The topological polar surface area (TPSA) is 34.5 Å². The molecule has 1 aliphatic rings. The number of amides is 1. The van der Waals surface area contributed by atoms with Crippen LogP contribution in [0.1, 0.15) is 58.2 Å². The van der Waals surface area contributed by atoms with E-state index < -0.39 is 0 Å². The van der Waals surface area contributed by atoms with Crippen molar-refractivity contribution >= 4 is 16.8 Å². The molecule has 0 radical (unpaired) electrons. The second-order valence-electron chi connectivity index (χ2n) is 8.89. The maximum absolute atomic E-state index is 13.1. The molecule has 0 aliphatic heterocycles. The number of hydrogen-bond acceptors (Lipinski definition) is 2. The summed E-state index contributed by atoms with van der Waals surface area (Å²) >= 11 is 0. The van der Waals surface area contributed by atoms with Gasteiger partial charge in [-0.05, 0) is 62.1 Å². The van der Waals surface area contributed by atoms with Crippen molar-refractivity contribution in [2.75, 3.05) is 20.2 Å². The highest BCUT2D eigenvalue weighted by Crippen LogP contribution is 2.34. The van der Waals surface area contributed by atoms with Gasteiger partial charge in [-0.3, -0.25) is 4.79 Å². The van der Waals surface area contributed by atoms with E-state index in [1.165, 1.54) is 29.5 Å². The molecule has 4 nitrogen and oxygen atoms in total. The number of benzene rings is 1. The fourth-order valence-electron chi connectivity index (χ4n) is 4.09. The second kappa shape index (κ2) is 7.95. The first kappa shape index (κ1) is 19.8. The van der Waals surface area contributed by atoms with Gasteiger partial charge in [0.15, 0.2) is 0 Å². The molecule has 3 rings (SSSR count). The fraction of sp³-hybridized carbons (Fsp3) is 0.609. The molecule has 0 saturated heterocycles. The van der Waals surface area contributed by atoms with Gasteiger partial charge in [-0.25, -0.2) is 0 Å². The van der Waals surface area contributed by atoms with Gasteiger partial charge in [0.1, 0.15) is 12.3 Å². The van der Waals surface area contributed by atoms with Crippen molar-refractivity contribution < 1.29 is 9.53 Å². The van der Waals surface area contributed by atoms with E-state index in [1.807, 2.05) is 11.0 Å². The molecule has 0 spiro atoms. The van der Waals surface area contributed by atoms with Crippen molar-refractivity contribution in [2.24, 2.45) is 5.41 Å². The first-order chi connectivity index (χ1) is 12.8. The minimum absolute atomic E-state index is 0.217. The summed E-state index contributed by atoms with van der Waals surface area (Å²) in [6.45, 7) is 10.8. The molecular formula is C23H34N2O2. The first-order valence-electron chi connectivity index (χ1n) is 10.3. The Labute approximate surface area is 163 Å². The van der Waals surface area contributed by atoms with Gasteiger partial charge in [0, 0.05) is 30.2 Å². The van der Waals surface area contributed by atoms with Crippen LogP contribution in [0.3, 0.4) is 0 Å². The standard InChI is InChI=1S/C23H34N2O2/c1-6-24(14-13-23(2,3)4)22(26)16-25-20-10-8-7-9-18(20)19-12-11-17(27-5)15-21(19)25/h11-12,15H,6-10,13-14,16H2,1-5H3. The molecule has 1 heterocycles. The average Bonchev–Trinajstić information content (AvgIpc) is 2.94. The number of rotatable bonds is 6. The smallest absolute Gasteiger partial charge is 0.242 e. The number of aryl methyl sites for hydroxylation is 1. The highest BCUT2D eigenvalue weighted by molar-refractivity contribution is 5.89. The Morgan fingerprint density at radius 3 is 2.63 bits per heavy atom. The molecule has 4 heteroatoms. The largest absolute Gasteiger partial charge is 0.497 e. The zero-order chi connectivity index (χ0) is 19.6. The SMILES string of the molecule is CCN(CCC(C)(C)C)C(=O)Cn1c2c(c3ccc(OC)cc31)CCCC2. The molecular weight excluding hydrogens is 336 g/mol. The van der Waals surface area contributed by atoms with Crippen molar-refractivity contribution in [2.45, 2.75) is 66.3 Å². The lowest BCUT2D eigenvalue weighted by atomic mass is 9.92. The Hall–Kier alpha value is -1.97. The molecule has 0 atom stereocenters. The van der Waals surface area contributed by atoms with Crippen LogP contribution in [0.25, 0.3) is 10.9 Å². The predicted molar refractivity (Wildman–Crippen MR) is 111 cm³/mol. The minimum Gasteiger partial charge on any atom is -0.497 e. The van der Waals surface area contributed by atoms with E-state index in [4.69, 9.17) is 4.74 Å². The van der Waals surface area contributed by atoms with Crippen LogP contribution in [-0.2, 0) is 24.2 Å². The van der Waals surface area contributed by atoms with Gasteiger partial charge >= 0.3 is 0 Å². The molecule has 1 amide bonds. The van der Waals surface area contributed by atoms with Gasteiger partial charge in [-0.2, -0.15) is 0 Å². The van der Waals surface area contributed by atoms with Crippen molar-refractivity contribution in [1.29, 1.82) is 0 Å². The van der Waals surface area contributed by atoms with Crippen molar-refractivity contribution in [1.82, 2.24) is 9.47 Å².